The maximum Gasteiger partial charge on any atom is 0.248 e. The zero-order valence-electron chi connectivity index (χ0n) is 15.1. The number of amides is 1. The Bertz CT molecular complexity index is 576. The van der Waals surface area contributed by atoms with Crippen LogP contribution in [0.3, 0.4) is 0 Å². The van der Waals surface area contributed by atoms with E-state index >= 15 is 0 Å². The maximum atomic E-state index is 12.4. The number of hydrogen-bond donors (Lipinski definition) is 1. The van der Waals surface area contributed by atoms with E-state index in [1.165, 1.54) is 19.3 Å². The van der Waals surface area contributed by atoms with Crippen LogP contribution in [0.2, 0.25) is 0 Å². The van der Waals surface area contributed by atoms with E-state index in [0.717, 1.165) is 32.4 Å². The third-order valence-corrected chi connectivity index (χ3v) is 5.25. The molecule has 138 valence electrons. The van der Waals surface area contributed by atoms with Gasteiger partial charge in [0.05, 0.1) is 12.6 Å². The van der Waals surface area contributed by atoms with E-state index in [1.807, 2.05) is 11.9 Å². The van der Waals surface area contributed by atoms with Gasteiger partial charge < -0.3 is 15.4 Å². The average molecular weight is 347 g/mol. The molecule has 2 heterocycles. The van der Waals surface area contributed by atoms with Gasteiger partial charge in [-0.05, 0) is 32.4 Å². The number of carbonyl (C=O) groups excluding carboxylic acids is 1. The molecule has 3 rings (SSSR count). The number of nitrogens with zero attached hydrogens (tertiary/aromatic N) is 4. The third kappa shape index (κ3) is 5.12. The zero-order valence-corrected chi connectivity index (χ0v) is 15.1. The van der Waals surface area contributed by atoms with Crippen LogP contribution in [0.4, 0.5) is 5.82 Å². The second-order valence-corrected chi connectivity index (χ2v) is 7.17. The Morgan fingerprint density at radius 3 is 2.92 bits per heavy atom. The van der Waals surface area contributed by atoms with Crippen molar-refractivity contribution in [2.24, 2.45) is 0 Å². The van der Waals surface area contributed by atoms with Crippen molar-refractivity contribution in [3.63, 3.8) is 0 Å². The number of aromatic nitrogens is 2. The van der Waals surface area contributed by atoms with E-state index < -0.39 is 0 Å². The summed E-state index contributed by atoms with van der Waals surface area (Å²) in [6.45, 7) is 2.39. The van der Waals surface area contributed by atoms with Gasteiger partial charge in [-0.2, -0.15) is 0 Å². The number of rotatable bonds is 6. The Balaban J connectivity index is 1.43. The van der Waals surface area contributed by atoms with Crippen LogP contribution in [0.5, 0.6) is 0 Å². The molecule has 7 nitrogen and oxygen atoms in total. The maximum absolute atomic E-state index is 12.4. The fourth-order valence-electron chi connectivity index (χ4n) is 3.68. The van der Waals surface area contributed by atoms with Crippen molar-refractivity contribution in [3.05, 3.63) is 18.1 Å². The number of likely N-dealkylation sites (tertiary alicyclic amines) is 1. The molecule has 1 aromatic rings. The molecule has 1 atom stereocenters. The van der Waals surface area contributed by atoms with Crippen molar-refractivity contribution in [1.82, 2.24) is 19.8 Å². The highest BCUT2D eigenvalue weighted by molar-refractivity contribution is 5.77. The van der Waals surface area contributed by atoms with Gasteiger partial charge in [0.15, 0.2) is 0 Å². The summed E-state index contributed by atoms with van der Waals surface area (Å²) in [4.78, 5) is 25.0. The molecule has 0 spiro atoms. The summed E-state index contributed by atoms with van der Waals surface area (Å²) in [5.41, 5.74) is 5.71. The summed E-state index contributed by atoms with van der Waals surface area (Å²) in [5, 5.41) is 0. The van der Waals surface area contributed by atoms with Crippen LogP contribution < -0.4 is 5.73 Å². The first-order chi connectivity index (χ1) is 12.1. The molecule has 7 heteroatoms. The average Bonchev–Trinajstić information content (AvgIpc) is 3.11. The Morgan fingerprint density at radius 2 is 2.16 bits per heavy atom. The van der Waals surface area contributed by atoms with Gasteiger partial charge in [0.2, 0.25) is 5.91 Å². The lowest BCUT2D eigenvalue weighted by Gasteiger charge is -2.25. The second-order valence-electron chi connectivity index (χ2n) is 7.17. The van der Waals surface area contributed by atoms with Gasteiger partial charge in [0.25, 0.3) is 0 Å². The van der Waals surface area contributed by atoms with Crippen LogP contribution in [0.1, 0.15) is 44.3 Å². The van der Waals surface area contributed by atoms with Gasteiger partial charge in [-0.3, -0.25) is 9.69 Å². The van der Waals surface area contributed by atoms with Crippen molar-refractivity contribution in [1.29, 1.82) is 0 Å². The Kier molecular flexibility index (Phi) is 6.20. The van der Waals surface area contributed by atoms with Gasteiger partial charge in [0.1, 0.15) is 18.2 Å². The van der Waals surface area contributed by atoms with Crippen molar-refractivity contribution >= 4 is 11.7 Å². The summed E-state index contributed by atoms with van der Waals surface area (Å²) >= 11 is 0. The van der Waals surface area contributed by atoms with Crippen LogP contribution in [-0.2, 0) is 16.1 Å². The Labute approximate surface area is 149 Å². The first-order valence-electron chi connectivity index (χ1n) is 9.29. The van der Waals surface area contributed by atoms with Crippen LogP contribution in [0, 0.1) is 0 Å². The minimum atomic E-state index is 0.113. The van der Waals surface area contributed by atoms with Gasteiger partial charge in [-0.25, -0.2) is 9.97 Å². The fourth-order valence-corrected chi connectivity index (χ4v) is 3.68. The standard InChI is InChI=1S/C18H29N5O2/c1-22(12-17-20-9-7-16(19)21-17)14-8-10-23(11-14)18(24)13-25-15-5-3-2-4-6-15/h7,9,14-15H,2-6,8,10-13H2,1H3,(H2,19,20,21)/t14-/m0/s1. The Morgan fingerprint density at radius 1 is 1.36 bits per heavy atom. The summed E-state index contributed by atoms with van der Waals surface area (Å²) < 4.78 is 5.82. The first-order valence-corrected chi connectivity index (χ1v) is 9.29. The predicted octanol–water partition coefficient (Wildman–Crippen LogP) is 1.44. The normalized spacial score (nSPS) is 21.8. The van der Waals surface area contributed by atoms with Crippen LogP contribution in [0.25, 0.3) is 0 Å². The number of hydrogen-bond acceptors (Lipinski definition) is 6. The molecular formula is C18H29N5O2. The van der Waals surface area contributed by atoms with E-state index in [2.05, 4.69) is 14.9 Å². The topological polar surface area (TPSA) is 84.6 Å². The highest BCUT2D eigenvalue weighted by Crippen LogP contribution is 2.21. The van der Waals surface area contributed by atoms with E-state index in [9.17, 15) is 4.79 Å². The minimum absolute atomic E-state index is 0.113. The number of nitrogen functional groups attached to an aromatic ring is 1. The van der Waals surface area contributed by atoms with Gasteiger partial charge >= 0.3 is 0 Å². The lowest BCUT2D eigenvalue weighted by molar-refractivity contribution is -0.137. The molecule has 0 bridgehead atoms. The Hall–Kier alpha value is -1.73. The lowest BCUT2D eigenvalue weighted by atomic mass is 9.98. The molecule has 1 aliphatic carbocycles. The molecule has 2 fully saturated rings. The van der Waals surface area contributed by atoms with E-state index in [0.29, 0.717) is 24.2 Å². The smallest absolute Gasteiger partial charge is 0.248 e. The first kappa shape index (κ1) is 18.1. The van der Waals surface area contributed by atoms with Crippen LogP contribution in [-0.4, -0.2) is 64.6 Å². The number of anilines is 1. The second kappa shape index (κ2) is 8.58. The van der Waals surface area contributed by atoms with Gasteiger partial charge in [-0.15, -0.1) is 0 Å². The molecule has 0 aromatic carbocycles. The van der Waals surface area contributed by atoms with E-state index in [-0.39, 0.29) is 18.6 Å². The number of likely N-dealkylation sites (N-methyl/N-ethyl adjacent to an activating group) is 1. The molecule has 1 saturated carbocycles. The zero-order chi connectivity index (χ0) is 17.6. The molecule has 0 unspecified atom stereocenters. The van der Waals surface area contributed by atoms with E-state index in [1.54, 1.807) is 12.3 Å². The molecule has 25 heavy (non-hydrogen) atoms. The molecule has 1 amide bonds. The molecule has 2 aliphatic rings. The van der Waals surface area contributed by atoms with Crippen LogP contribution >= 0.6 is 0 Å². The number of carbonyl (C=O) groups is 1. The fraction of sp³-hybridized carbons (Fsp3) is 0.722. The molecule has 0 radical (unpaired) electrons. The molecule has 2 N–H and O–H groups in total. The summed E-state index contributed by atoms with van der Waals surface area (Å²) in [6.07, 6.45) is 8.86. The summed E-state index contributed by atoms with van der Waals surface area (Å²) in [6, 6.07) is 2.01. The predicted molar refractivity (Wildman–Crippen MR) is 95.7 cm³/mol. The van der Waals surface area contributed by atoms with Crippen molar-refractivity contribution in [2.75, 3.05) is 32.5 Å². The SMILES string of the molecule is CN(Cc1nccc(N)n1)[C@H]1CCN(C(=O)COC2CCCCC2)C1. The highest BCUT2D eigenvalue weighted by Gasteiger charge is 2.29. The highest BCUT2D eigenvalue weighted by atomic mass is 16.5. The third-order valence-electron chi connectivity index (χ3n) is 5.25. The van der Waals surface area contributed by atoms with E-state index in [4.69, 9.17) is 10.5 Å². The van der Waals surface area contributed by atoms with Gasteiger partial charge in [0, 0.05) is 25.3 Å². The van der Waals surface area contributed by atoms with Crippen LogP contribution in [0.15, 0.2) is 12.3 Å². The number of nitrogens with two attached hydrogens (primary N) is 1. The molecule has 1 saturated heterocycles. The molecule has 1 aliphatic heterocycles. The summed E-state index contributed by atoms with van der Waals surface area (Å²) in [5.74, 6) is 1.32. The van der Waals surface area contributed by atoms with Crippen molar-refractivity contribution < 1.29 is 9.53 Å². The number of ether oxygens (including phenoxy) is 1. The largest absolute Gasteiger partial charge is 0.384 e. The molecule has 1 aromatic heterocycles. The van der Waals surface area contributed by atoms with Gasteiger partial charge in [-0.1, -0.05) is 19.3 Å². The van der Waals surface area contributed by atoms with Crippen molar-refractivity contribution in [3.8, 4) is 0 Å². The lowest BCUT2D eigenvalue weighted by Crippen LogP contribution is -2.38. The monoisotopic (exact) mass is 347 g/mol. The minimum Gasteiger partial charge on any atom is -0.384 e. The van der Waals surface area contributed by atoms with Crippen molar-refractivity contribution in [2.45, 2.75) is 57.2 Å². The quantitative estimate of drug-likeness (QED) is 0.838. The summed E-state index contributed by atoms with van der Waals surface area (Å²) in [7, 11) is 2.05. The molecular weight excluding hydrogens is 318 g/mol.